The molecule has 0 aromatic heterocycles. The molecule has 0 aromatic rings. The molecule has 0 bridgehead atoms. The normalized spacial score (nSPS) is 28.1. The number of aliphatic hydroxyl groups is 1. The number of β-amino-alcohol motifs (C(OH)–C–C–N with tert-alkyl or cyclic N) is 1. The van der Waals surface area contributed by atoms with Crippen molar-refractivity contribution in [3.8, 4) is 0 Å². The van der Waals surface area contributed by atoms with E-state index in [1.807, 2.05) is 13.8 Å². The molecule has 112 valence electrons. The molecule has 2 fully saturated rings. The largest absolute Gasteiger partial charge is 0.389 e. The molecule has 2 aliphatic heterocycles. The van der Waals surface area contributed by atoms with Crippen LogP contribution in [0.15, 0.2) is 0 Å². The van der Waals surface area contributed by atoms with Gasteiger partial charge in [-0.2, -0.15) is 0 Å². The van der Waals surface area contributed by atoms with E-state index in [2.05, 4.69) is 10.2 Å². The van der Waals surface area contributed by atoms with Crippen molar-refractivity contribution in [1.82, 2.24) is 10.2 Å². The smallest absolute Gasteiger partial charge is 0.0900 e. The van der Waals surface area contributed by atoms with Crippen molar-refractivity contribution >= 4 is 0 Å². The van der Waals surface area contributed by atoms with E-state index >= 15 is 0 Å². The van der Waals surface area contributed by atoms with Crippen molar-refractivity contribution in [1.29, 1.82) is 0 Å². The number of hydrogen-bond donors (Lipinski definition) is 2. The number of rotatable bonds is 6. The Morgan fingerprint density at radius 1 is 1.26 bits per heavy atom. The lowest BCUT2D eigenvalue weighted by atomic mass is 9.88. The monoisotopic (exact) mass is 270 g/mol. The van der Waals surface area contributed by atoms with Crippen LogP contribution < -0.4 is 5.32 Å². The molecule has 2 N–H and O–H groups in total. The number of piperidine rings is 1. The van der Waals surface area contributed by atoms with Gasteiger partial charge in [-0.05, 0) is 65.1 Å². The van der Waals surface area contributed by atoms with Crippen molar-refractivity contribution in [2.24, 2.45) is 5.92 Å². The maximum Gasteiger partial charge on any atom is 0.0900 e. The summed E-state index contributed by atoms with van der Waals surface area (Å²) in [7, 11) is 0. The molecule has 2 atom stereocenters. The molecule has 2 aliphatic rings. The Morgan fingerprint density at radius 2 is 2.00 bits per heavy atom. The Labute approximate surface area is 117 Å². The Hall–Kier alpha value is -0.160. The second kappa shape index (κ2) is 7.58. The molecule has 0 saturated carbocycles. The van der Waals surface area contributed by atoms with Crippen molar-refractivity contribution in [2.45, 2.75) is 57.8 Å². The van der Waals surface area contributed by atoms with Gasteiger partial charge in [-0.15, -0.1) is 0 Å². The molecule has 19 heavy (non-hydrogen) atoms. The van der Waals surface area contributed by atoms with Crippen molar-refractivity contribution in [3.63, 3.8) is 0 Å². The zero-order valence-electron chi connectivity index (χ0n) is 12.5. The number of likely N-dealkylation sites (tertiary alicyclic amines) is 1. The summed E-state index contributed by atoms with van der Waals surface area (Å²) in [6, 6.07) is 0.761. The van der Waals surface area contributed by atoms with Crippen LogP contribution in [0.3, 0.4) is 0 Å². The summed E-state index contributed by atoms with van der Waals surface area (Å²) >= 11 is 0. The Balaban J connectivity index is 1.62. The predicted molar refractivity (Wildman–Crippen MR) is 77.3 cm³/mol. The van der Waals surface area contributed by atoms with E-state index in [0.717, 1.165) is 31.6 Å². The molecule has 4 heteroatoms. The summed E-state index contributed by atoms with van der Waals surface area (Å²) in [6.07, 6.45) is 5.11. The first-order valence-electron chi connectivity index (χ1n) is 7.90. The summed E-state index contributed by atoms with van der Waals surface area (Å²) < 4.78 is 5.46. The third-order valence-electron chi connectivity index (χ3n) is 4.39. The number of hydrogen-bond acceptors (Lipinski definition) is 4. The molecule has 2 unspecified atom stereocenters. The van der Waals surface area contributed by atoms with Crippen LogP contribution >= 0.6 is 0 Å². The quantitative estimate of drug-likeness (QED) is 0.762. The van der Waals surface area contributed by atoms with Crippen LogP contribution in [-0.4, -0.2) is 61.0 Å². The summed E-state index contributed by atoms with van der Waals surface area (Å²) in [5, 5.41) is 13.6. The third kappa shape index (κ3) is 5.03. The van der Waals surface area contributed by atoms with Gasteiger partial charge in [0.1, 0.15) is 0 Å². The molecule has 0 amide bonds. The van der Waals surface area contributed by atoms with Gasteiger partial charge >= 0.3 is 0 Å². The van der Waals surface area contributed by atoms with Gasteiger partial charge in [-0.25, -0.2) is 0 Å². The Kier molecular flexibility index (Phi) is 6.07. The van der Waals surface area contributed by atoms with E-state index in [0.29, 0.717) is 6.61 Å². The van der Waals surface area contributed by atoms with Crippen molar-refractivity contribution in [2.75, 3.05) is 32.8 Å². The lowest BCUT2D eigenvalue weighted by molar-refractivity contribution is -0.0130. The van der Waals surface area contributed by atoms with Gasteiger partial charge in [-0.1, -0.05) is 0 Å². The fourth-order valence-corrected chi connectivity index (χ4v) is 3.31. The van der Waals surface area contributed by atoms with E-state index in [-0.39, 0.29) is 12.2 Å². The van der Waals surface area contributed by atoms with Crippen LogP contribution in [-0.2, 0) is 4.74 Å². The van der Waals surface area contributed by atoms with Crippen molar-refractivity contribution in [3.05, 3.63) is 0 Å². The molecule has 2 rings (SSSR count). The Morgan fingerprint density at radius 3 is 2.58 bits per heavy atom. The van der Waals surface area contributed by atoms with E-state index in [1.165, 1.54) is 32.2 Å². The summed E-state index contributed by atoms with van der Waals surface area (Å²) in [5.41, 5.74) is 0. The maximum atomic E-state index is 9.95. The lowest BCUT2D eigenvalue weighted by Gasteiger charge is -2.35. The number of ether oxygens (including phenoxy) is 1. The molecule has 4 nitrogen and oxygen atoms in total. The average Bonchev–Trinajstić information content (AvgIpc) is 2.91. The predicted octanol–water partition coefficient (Wildman–Crippen LogP) is 1.24. The fourth-order valence-electron chi connectivity index (χ4n) is 3.31. The van der Waals surface area contributed by atoms with Gasteiger partial charge in [0, 0.05) is 12.6 Å². The highest BCUT2D eigenvalue weighted by Gasteiger charge is 2.28. The summed E-state index contributed by atoms with van der Waals surface area (Å²) in [4.78, 5) is 2.39. The Bertz CT molecular complexity index is 247. The highest BCUT2D eigenvalue weighted by molar-refractivity contribution is 4.85. The van der Waals surface area contributed by atoms with Crippen LogP contribution in [0, 0.1) is 5.92 Å². The first kappa shape index (κ1) is 15.2. The highest BCUT2D eigenvalue weighted by Crippen LogP contribution is 2.25. The first-order chi connectivity index (χ1) is 9.15. The number of nitrogens with zero attached hydrogens (tertiary/aromatic N) is 1. The number of aliphatic hydroxyl groups excluding tert-OH is 1. The molecule has 0 aliphatic carbocycles. The van der Waals surface area contributed by atoms with Gasteiger partial charge in [0.2, 0.25) is 0 Å². The van der Waals surface area contributed by atoms with Crippen molar-refractivity contribution < 1.29 is 9.84 Å². The fraction of sp³-hybridized carbons (Fsp3) is 1.00. The van der Waals surface area contributed by atoms with Gasteiger partial charge in [-0.3, -0.25) is 0 Å². The second-order valence-electron chi connectivity index (χ2n) is 6.38. The minimum atomic E-state index is -0.344. The second-order valence-corrected chi connectivity index (χ2v) is 6.38. The maximum absolute atomic E-state index is 9.95. The van der Waals surface area contributed by atoms with Gasteiger partial charge < -0.3 is 20.1 Å². The zero-order valence-corrected chi connectivity index (χ0v) is 12.5. The minimum Gasteiger partial charge on any atom is -0.389 e. The van der Waals surface area contributed by atoms with Crippen LogP contribution in [0.1, 0.15) is 39.5 Å². The molecular weight excluding hydrogens is 240 g/mol. The molecular formula is C15H30N2O2. The van der Waals surface area contributed by atoms with Gasteiger partial charge in [0.15, 0.2) is 0 Å². The summed E-state index contributed by atoms with van der Waals surface area (Å²) in [5.74, 6) is 0.850. The topological polar surface area (TPSA) is 44.7 Å². The molecule has 2 heterocycles. The minimum absolute atomic E-state index is 0.203. The van der Waals surface area contributed by atoms with E-state index in [9.17, 15) is 5.11 Å². The molecule has 0 aromatic carbocycles. The van der Waals surface area contributed by atoms with Crippen LogP contribution in [0.5, 0.6) is 0 Å². The third-order valence-corrected chi connectivity index (χ3v) is 4.39. The van der Waals surface area contributed by atoms with Crippen LogP contribution in [0.4, 0.5) is 0 Å². The SMILES string of the molecule is CC(C)OCC(O)CN1CCC(C2CCCN2)CC1. The summed E-state index contributed by atoms with van der Waals surface area (Å²) in [6.45, 7) is 8.69. The first-order valence-corrected chi connectivity index (χ1v) is 7.90. The van der Waals surface area contributed by atoms with Gasteiger partial charge in [0.25, 0.3) is 0 Å². The van der Waals surface area contributed by atoms with E-state index in [4.69, 9.17) is 4.74 Å². The standard InChI is InChI=1S/C15H30N2O2/c1-12(2)19-11-14(18)10-17-8-5-13(6-9-17)15-4-3-7-16-15/h12-16,18H,3-11H2,1-2H3. The lowest BCUT2D eigenvalue weighted by Crippen LogP contribution is -2.44. The van der Waals surface area contributed by atoms with Crippen LogP contribution in [0.25, 0.3) is 0 Å². The average molecular weight is 270 g/mol. The molecule has 0 radical (unpaired) electrons. The zero-order chi connectivity index (χ0) is 13.7. The highest BCUT2D eigenvalue weighted by atomic mass is 16.5. The van der Waals surface area contributed by atoms with E-state index < -0.39 is 0 Å². The molecule has 2 saturated heterocycles. The van der Waals surface area contributed by atoms with Crippen LogP contribution in [0.2, 0.25) is 0 Å². The molecule has 0 spiro atoms. The number of nitrogens with one attached hydrogen (secondary N) is 1. The van der Waals surface area contributed by atoms with Gasteiger partial charge in [0.05, 0.1) is 18.8 Å². The van der Waals surface area contributed by atoms with E-state index in [1.54, 1.807) is 0 Å².